The maximum atomic E-state index is 5.93. The van der Waals surface area contributed by atoms with Crippen LogP contribution in [-0.4, -0.2) is 22.1 Å². The average Bonchev–Trinajstić information content (AvgIpc) is 3.33. The molecule has 0 N–H and O–H groups in total. The molecule has 0 bridgehead atoms. The van der Waals surface area contributed by atoms with E-state index in [4.69, 9.17) is 8.83 Å². The minimum absolute atomic E-state index is 0.518. The number of furan rings is 1. The van der Waals surface area contributed by atoms with Crippen molar-refractivity contribution in [3.8, 4) is 0 Å². The summed E-state index contributed by atoms with van der Waals surface area (Å²) >= 11 is 0. The van der Waals surface area contributed by atoms with Crippen LogP contribution in [0.15, 0.2) is 21.0 Å². The Kier molecular flexibility index (Phi) is 3.10. The molecule has 0 radical (unpaired) electrons. The van der Waals surface area contributed by atoms with Crippen LogP contribution < -0.4 is 0 Å². The summed E-state index contributed by atoms with van der Waals surface area (Å²) in [7, 11) is 2.04. The van der Waals surface area contributed by atoms with Gasteiger partial charge in [0.05, 0.1) is 13.1 Å². The molecule has 0 aromatic carbocycles. The van der Waals surface area contributed by atoms with Crippen molar-refractivity contribution in [3.05, 3.63) is 35.4 Å². The van der Waals surface area contributed by atoms with E-state index in [1.807, 2.05) is 7.05 Å². The minimum atomic E-state index is 0.518. The molecule has 21 heavy (non-hydrogen) atoms. The lowest BCUT2D eigenvalue weighted by molar-refractivity contribution is 0.254. The van der Waals surface area contributed by atoms with E-state index in [9.17, 15) is 0 Å². The van der Waals surface area contributed by atoms with Gasteiger partial charge in [-0.25, -0.2) is 0 Å². The molecule has 2 aliphatic rings. The Morgan fingerprint density at radius 3 is 2.71 bits per heavy atom. The summed E-state index contributed by atoms with van der Waals surface area (Å²) in [4.78, 5) is 2.14. The Morgan fingerprint density at radius 1 is 1.19 bits per heavy atom. The van der Waals surface area contributed by atoms with E-state index in [0.717, 1.165) is 29.9 Å². The summed E-state index contributed by atoms with van der Waals surface area (Å²) in [5, 5.41) is 8.24. The molecule has 5 heteroatoms. The van der Waals surface area contributed by atoms with Crippen LogP contribution in [0.1, 0.15) is 61.3 Å². The van der Waals surface area contributed by atoms with Crippen molar-refractivity contribution >= 4 is 0 Å². The smallest absolute Gasteiger partial charge is 0.230 e. The summed E-state index contributed by atoms with van der Waals surface area (Å²) in [6.45, 7) is 3.70. The molecule has 2 aromatic rings. The van der Waals surface area contributed by atoms with E-state index in [1.54, 1.807) is 0 Å². The Labute approximate surface area is 124 Å². The van der Waals surface area contributed by atoms with Gasteiger partial charge in [-0.1, -0.05) is 6.92 Å². The van der Waals surface area contributed by atoms with Crippen LogP contribution in [-0.2, 0) is 13.1 Å². The van der Waals surface area contributed by atoms with Gasteiger partial charge in [0.2, 0.25) is 11.8 Å². The van der Waals surface area contributed by atoms with Crippen LogP contribution in [0.3, 0.4) is 0 Å². The van der Waals surface area contributed by atoms with Gasteiger partial charge in [0.1, 0.15) is 11.5 Å². The van der Waals surface area contributed by atoms with Gasteiger partial charge >= 0.3 is 0 Å². The zero-order valence-electron chi connectivity index (χ0n) is 12.6. The standard InChI is InChI=1S/C16H21N3O2/c1-10-7-13(10)14-6-5-12(20-14)8-19(2)9-15-17-18-16(21-15)11-3-4-11/h5-6,10-11,13H,3-4,7-9H2,1-2H3. The summed E-state index contributed by atoms with van der Waals surface area (Å²) in [5.74, 6) is 5.59. The van der Waals surface area contributed by atoms with Crippen LogP contribution >= 0.6 is 0 Å². The summed E-state index contributed by atoms with van der Waals surface area (Å²) in [5.41, 5.74) is 0. The van der Waals surface area contributed by atoms with E-state index in [-0.39, 0.29) is 0 Å². The fraction of sp³-hybridized carbons (Fsp3) is 0.625. The molecular weight excluding hydrogens is 266 g/mol. The second-order valence-electron chi connectivity index (χ2n) is 6.60. The molecule has 2 heterocycles. The zero-order valence-corrected chi connectivity index (χ0v) is 12.6. The van der Waals surface area contributed by atoms with Gasteiger partial charge in [-0.3, -0.25) is 4.90 Å². The molecule has 5 nitrogen and oxygen atoms in total. The predicted molar refractivity (Wildman–Crippen MR) is 76.7 cm³/mol. The van der Waals surface area contributed by atoms with Crippen molar-refractivity contribution in [2.24, 2.45) is 5.92 Å². The largest absolute Gasteiger partial charge is 0.464 e. The van der Waals surface area contributed by atoms with E-state index < -0.39 is 0 Å². The van der Waals surface area contributed by atoms with Crippen molar-refractivity contribution in [1.82, 2.24) is 15.1 Å². The normalized spacial score (nSPS) is 24.7. The van der Waals surface area contributed by atoms with E-state index in [2.05, 4.69) is 34.2 Å². The Hall–Kier alpha value is -1.62. The van der Waals surface area contributed by atoms with Crippen LogP contribution in [0.4, 0.5) is 0 Å². The van der Waals surface area contributed by atoms with Gasteiger partial charge < -0.3 is 8.83 Å². The predicted octanol–water partition coefficient (Wildman–Crippen LogP) is 3.30. The van der Waals surface area contributed by atoms with Gasteiger partial charge in [0.25, 0.3) is 0 Å². The highest BCUT2D eigenvalue weighted by molar-refractivity contribution is 5.17. The summed E-state index contributed by atoms with van der Waals surface area (Å²) in [6, 6.07) is 4.20. The fourth-order valence-corrected chi connectivity index (χ4v) is 2.78. The molecule has 0 aliphatic heterocycles. The van der Waals surface area contributed by atoms with E-state index in [1.165, 1.54) is 19.3 Å². The van der Waals surface area contributed by atoms with Gasteiger partial charge in [0.15, 0.2) is 0 Å². The van der Waals surface area contributed by atoms with E-state index in [0.29, 0.717) is 24.3 Å². The molecule has 2 saturated carbocycles. The molecule has 0 spiro atoms. The Morgan fingerprint density at radius 2 is 2.00 bits per heavy atom. The Balaban J connectivity index is 1.34. The number of hydrogen-bond donors (Lipinski definition) is 0. The first-order chi connectivity index (χ1) is 10.2. The molecule has 0 amide bonds. The third-order valence-electron chi connectivity index (χ3n) is 4.40. The zero-order chi connectivity index (χ0) is 14.4. The monoisotopic (exact) mass is 287 g/mol. The SMILES string of the molecule is CC1CC1c1ccc(CN(C)Cc2nnc(C3CC3)o2)o1. The van der Waals surface area contributed by atoms with Gasteiger partial charge in [-0.05, 0) is 44.4 Å². The maximum Gasteiger partial charge on any atom is 0.230 e. The topological polar surface area (TPSA) is 55.3 Å². The second kappa shape index (κ2) is 4.98. The molecule has 2 aromatic heterocycles. The average molecular weight is 287 g/mol. The molecular formula is C16H21N3O2. The number of aromatic nitrogens is 2. The minimum Gasteiger partial charge on any atom is -0.464 e. The van der Waals surface area contributed by atoms with E-state index >= 15 is 0 Å². The number of hydrogen-bond acceptors (Lipinski definition) is 5. The number of rotatable bonds is 6. The highest BCUT2D eigenvalue weighted by Crippen LogP contribution is 2.47. The first-order valence-corrected chi connectivity index (χ1v) is 7.78. The fourth-order valence-electron chi connectivity index (χ4n) is 2.78. The maximum absolute atomic E-state index is 5.93. The van der Waals surface area contributed by atoms with Crippen LogP contribution in [0.2, 0.25) is 0 Å². The third-order valence-corrected chi connectivity index (χ3v) is 4.40. The molecule has 2 aliphatic carbocycles. The van der Waals surface area contributed by atoms with Gasteiger partial charge in [-0.15, -0.1) is 10.2 Å². The first-order valence-electron chi connectivity index (χ1n) is 7.78. The van der Waals surface area contributed by atoms with Crippen molar-refractivity contribution in [3.63, 3.8) is 0 Å². The van der Waals surface area contributed by atoms with Gasteiger partial charge in [0, 0.05) is 11.8 Å². The van der Waals surface area contributed by atoms with Crippen molar-refractivity contribution < 1.29 is 8.83 Å². The molecule has 112 valence electrons. The summed E-state index contributed by atoms with van der Waals surface area (Å²) in [6.07, 6.45) is 3.63. The highest BCUT2D eigenvalue weighted by atomic mass is 16.4. The molecule has 0 saturated heterocycles. The summed E-state index contributed by atoms with van der Waals surface area (Å²) < 4.78 is 11.6. The molecule has 2 fully saturated rings. The van der Waals surface area contributed by atoms with Crippen LogP contribution in [0.5, 0.6) is 0 Å². The van der Waals surface area contributed by atoms with Gasteiger partial charge in [-0.2, -0.15) is 0 Å². The van der Waals surface area contributed by atoms with Crippen molar-refractivity contribution in [2.45, 2.75) is 51.1 Å². The second-order valence-corrected chi connectivity index (χ2v) is 6.60. The molecule has 2 unspecified atom stereocenters. The van der Waals surface area contributed by atoms with Crippen LogP contribution in [0.25, 0.3) is 0 Å². The quantitative estimate of drug-likeness (QED) is 0.816. The van der Waals surface area contributed by atoms with Crippen LogP contribution in [0, 0.1) is 5.92 Å². The highest BCUT2D eigenvalue weighted by Gasteiger charge is 2.36. The Bertz CT molecular complexity index is 629. The third kappa shape index (κ3) is 2.88. The lowest BCUT2D eigenvalue weighted by Crippen LogP contribution is -2.17. The first kappa shape index (κ1) is 13.1. The van der Waals surface area contributed by atoms with Crippen molar-refractivity contribution in [2.75, 3.05) is 7.05 Å². The molecule has 2 atom stereocenters. The van der Waals surface area contributed by atoms with Crippen molar-refractivity contribution in [1.29, 1.82) is 0 Å². The lowest BCUT2D eigenvalue weighted by atomic mass is 10.3. The lowest BCUT2D eigenvalue weighted by Gasteiger charge is -2.11. The molecule has 4 rings (SSSR count). The number of nitrogens with zero attached hydrogens (tertiary/aromatic N) is 3.